The number of hydrogen-bond acceptors (Lipinski definition) is 5. The van der Waals surface area contributed by atoms with Gasteiger partial charge in [0.2, 0.25) is 0 Å². The number of hydrogen-bond donors (Lipinski definition) is 1. The fourth-order valence-electron chi connectivity index (χ4n) is 3.17. The summed E-state index contributed by atoms with van der Waals surface area (Å²) >= 11 is 1.28. The Labute approximate surface area is 140 Å². The van der Waals surface area contributed by atoms with Crippen molar-refractivity contribution in [2.75, 3.05) is 33.3 Å². The zero-order valence-corrected chi connectivity index (χ0v) is 14.4. The van der Waals surface area contributed by atoms with Crippen molar-refractivity contribution < 1.29 is 4.74 Å². The molecule has 0 spiro atoms. The predicted molar refractivity (Wildman–Crippen MR) is 93.5 cm³/mol. The maximum absolute atomic E-state index is 11.9. The van der Waals surface area contributed by atoms with E-state index in [-0.39, 0.29) is 10.9 Å². The van der Waals surface area contributed by atoms with Crippen LogP contribution in [0.4, 0.5) is 0 Å². The summed E-state index contributed by atoms with van der Waals surface area (Å²) in [7, 11) is 1.72. The third-order valence-corrected chi connectivity index (χ3v) is 5.32. The van der Waals surface area contributed by atoms with E-state index in [1.54, 1.807) is 7.11 Å². The van der Waals surface area contributed by atoms with E-state index >= 15 is 0 Å². The topological polar surface area (TPSA) is 46.5 Å². The minimum absolute atomic E-state index is 0.131. The number of methoxy groups -OCH3 is 1. The van der Waals surface area contributed by atoms with Crippen molar-refractivity contribution in [2.24, 2.45) is 0 Å². The third-order valence-electron chi connectivity index (χ3n) is 4.44. The van der Waals surface area contributed by atoms with Gasteiger partial charge in [-0.3, -0.25) is 9.69 Å². The number of nitrogens with one attached hydrogen (secondary N) is 1. The van der Waals surface area contributed by atoms with Crippen LogP contribution in [0.15, 0.2) is 34.4 Å². The first-order valence-corrected chi connectivity index (χ1v) is 8.81. The molecule has 2 heterocycles. The minimum Gasteiger partial charge on any atom is -0.496 e. The average molecular weight is 333 g/mol. The number of nitrogens with zero attached hydrogens (tertiary/aromatic N) is 2. The molecule has 0 bridgehead atoms. The van der Waals surface area contributed by atoms with Crippen LogP contribution in [-0.2, 0) is 6.54 Å². The van der Waals surface area contributed by atoms with Crippen molar-refractivity contribution in [2.45, 2.75) is 19.5 Å². The first kappa shape index (κ1) is 16.2. The first-order valence-electron chi connectivity index (χ1n) is 7.93. The molecule has 6 heteroatoms. The van der Waals surface area contributed by atoms with Crippen LogP contribution in [0.25, 0.3) is 0 Å². The summed E-state index contributed by atoms with van der Waals surface area (Å²) in [5.74, 6) is 0.926. The van der Waals surface area contributed by atoms with Crippen LogP contribution in [0.5, 0.6) is 5.75 Å². The van der Waals surface area contributed by atoms with Crippen molar-refractivity contribution >= 4 is 11.3 Å². The van der Waals surface area contributed by atoms with Gasteiger partial charge >= 0.3 is 4.87 Å². The summed E-state index contributed by atoms with van der Waals surface area (Å²) < 4.78 is 7.39. The lowest BCUT2D eigenvalue weighted by Crippen LogP contribution is -2.47. The van der Waals surface area contributed by atoms with Crippen molar-refractivity contribution in [3.8, 4) is 5.75 Å². The molecule has 1 N–H and O–H groups in total. The molecule has 1 saturated heterocycles. The van der Waals surface area contributed by atoms with Crippen LogP contribution >= 0.6 is 11.3 Å². The smallest absolute Gasteiger partial charge is 0.307 e. The molecule has 1 atom stereocenters. The number of para-hydroxylation sites is 1. The fraction of sp³-hybridized carbons (Fsp3) is 0.471. The highest BCUT2D eigenvalue weighted by molar-refractivity contribution is 7.07. The number of ether oxygens (including phenoxy) is 1. The number of rotatable bonds is 5. The van der Waals surface area contributed by atoms with Gasteiger partial charge in [0, 0.05) is 49.4 Å². The molecule has 3 rings (SSSR count). The molecule has 2 aromatic rings. The average Bonchev–Trinajstić information content (AvgIpc) is 2.91. The summed E-state index contributed by atoms with van der Waals surface area (Å²) in [4.78, 5) is 14.5. The SMILES string of the molecule is COc1ccccc1C1CNCCN1CCn1c(C)csc1=O. The molecular formula is C17H23N3O2S. The van der Waals surface area contributed by atoms with E-state index in [0.29, 0.717) is 0 Å². The van der Waals surface area contributed by atoms with Gasteiger partial charge in [0.15, 0.2) is 0 Å². The maximum atomic E-state index is 11.9. The van der Waals surface area contributed by atoms with Crippen LogP contribution in [0.1, 0.15) is 17.3 Å². The van der Waals surface area contributed by atoms with E-state index in [1.807, 2.05) is 29.0 Å². The van der Waals surface area contributed by atoms with Gasteiger partial charge in [0.25, 0.3) is 0 Å². The predicted octanol–water partition coefficient (Wildman–Crippen LogP) is 1.87. The quantitative estimate of drug-likeness (QED) is 0.907. The number of thiazole rings is 1. The van der Waals surface area contributed by atoms with E-state index < -0.39 is 0 Å². The molecule has 0 saturated carbocycles. The number of aromatic nitrogens is 1. The van der Waals surface area contributed by atoms with Gasteiger partial charge in [0.1, 0.15) is 5.75 Å². The second-order valence-electron chi connectivity index (χ2n) is 5.79. The largest absolute Gasteiger partial charge is 0.496 e. The van der Waals surface area contributed by atoms with Crippen LogP contribution in [0, 0.1) is 6.92 Å². The summed E-state index contributed by atoms with van der Waals surface area (Å²) in [6, 6.07) is 8.46. The van der Waals surface area contributed by atoms with Crippen molar-refractivity contribution in [3.05, 3.63) is 50.6 Å². The Hall–Kier alpha value is -1.63. The van der Waals surface area contributed by atoms with Crippen LogP contribution < -0.4 is 14.9 Å². The molecule has 1 aliphatic rings. The zero-order valence-electron chi connectivity index (χ0n) is 13.6. The lowest BCUT2D eigenvalue weighted by atomic mass is 10.0. The highest BCUT2D eigenvalue weighted by Crippen LogP contribution is 2.29. The zero-order chi connectivity index (χ0) is 16.2. The summed E-state index contributed by atoms with van der Waals surface area (Å²) in [5, 5.41) is 5.40. The van der Waals surface area contributed by atoms with Gasteiger partial charge in [0.05, 0.1) is 13.2 Å². The van der Waals surface area contributed by atoms with E-state index in [0.717, 1.165) is 44.2 Å². The molecule has 1 aromatic heterocycles. The van der Waals surface area contributed by atoms with Gasteiger partial charge < -0.3 is 14.6 Å². The second-order valence-corrected chi connectivity index (χ2v) is 6.61. The van der Waals surface area contributed by atoms with Gasteiger partial charge in [-0.15, -0.1) is 0 Å². The Bertz CT molecular complexity index is 710. The van der Waals surface area contributed by atoms with Gasteiger partial charge in [-0.05, 0) is 13.0 Å². The first-order chi connectivity index (χ1) is 11.2. The Kier molecular flexibility index (Phi) is 5.15. The summed E-state index contributed by atoms with van der Waals surface area (Å²) in [5.41, 5.74) is 2.25. The summed E-state index contributed by atoms with van der Waals surface area (Å²) in [6.07, 6.45) is 0. The monoisotopic (exact) mass is 333 g/mol. The molecule has 0 radical (unpaired) electrons. The van der Waals surface area contributed by atoms with Crippen LogP contribution in [-0.4, -0.2) is 42.8 Å². The lowest BCUT2D eigenvalue weighted by molar-refractivity contribution is 0.153. The lowest BCUT2D eigenvalue weighted by Gasteiger charge is -2.37. The van der Waals surface area contributed by atoms with Gasteiger partial charge in [-0.2, -0.15) is 0 Å². The number of aryl methyl sites for hydroxylation is 1. The van der Waals surface area contributed by atoms with Crippen molar-refractivity contribution in [1.29, 1.82) is 0 Å². The molecular weight excluding hydrogens is 310 g/mol. The highest BCUT2D eigenvalue weighted by Gasteiger charge is 2.26. The molecule has 0 aliphatic carbocycles. The van der Waals surface area contributed by atoms with Crippen LogP contribution in [0.2, 0.25) is 0 Å². The molecule has 23 heavy (non-hydrogen) atoms. The molecule has 1 aliphatic heterocycles. The normalized spacial score (nSPS) is 19.0. The standard InChI is InChI=1S/C17H23N3O2S/c1-13-12-23-17(21)20(13)10-9-19-8-7-18-11-15(19)14-5-3-4-6-16(14)22-2/h3-6,12,15,18H,7-11H2,1-2H3. The molecule has 5 nitrogen and oxygen atoms in total. The Balaban J connectivity index is 1.78. The second kappa shape index (κ2) is 7.29. The van der Waals surface area contributed by atoms with E-state index in [1.165, 1.54) is 16.9 Å². The molecule has 0 amide bonds. The molecule has 124 valence electrons. The fourth-order valence-corrected chi connectivity index (χ4v) is 3.93. The van der Waals surface area contributed by atoms with E-state index in [4.69, 9.17) is 4.74 Å². The van der Waals surface area contributed by atoms with Gasteiger partial charge in [-0.25, -0.2) is 0 Å². The number of piperazine rings is 1. The number of benzene rings is 1. The van der Waals surface area contributed by atoms with Crippen molar-refractivity contribution in [1.82, 2.24) is 14.8 Å². The molecule has 1 fully saturated rings. The third kappa shape index (κ3) is 3.49. The summed E-state index contributed by atoms with van der Waals surface area (Å²) in [6.45, 7) is 6.44. The van der Waals surface area contributed by atoms with E-state index in [2.05, 4.69) is 22.3 Å². The molecule has 1 aromatic carbocycles. The minimum atomic E-state index is 0.131. The Morgan fingerprint density at radius 3 is 2.91 bits per heavy atom. The highest BCUT2D eigenvalue weighted by atomic mass is 32.1. The Morgan fingerprint density at radius 2 is 2.17 bits per heavy atom. The molecule has 1 unspecified atom stereocenters. The van der Waals surface area contributed by atoms with Gasteiger partial charge in [-0.1, -0.05) is 29.5 Å². The van der Waals surface area contributed by atoms with Crippen LogP contribution in [0.3, 0.4) is 0 Å². The maximum Gasteiger partial charge on any atom is 0.307 e. The van der Waals surface area contributed by atoms with Crippen molar-refractivity contribution in [3.63, 3.8) is 0 Å². The Morgan fingerprint density at radius 1 is 1.35 bits per heavy atom. The van der Waals surface area contributed by atoms with E-state index in [9.17, 15) is 4.79 Å².